The molecule has 4 aliphatic heterocycles. The second kappa shape index (κ2) is 9.70. The van der Waals surface area contributed by atoms with Crippen LogP contribution in [0.3, 0.4) is 0 Å². The molecule has 0 spiro atoms. The van der Waals surface area contributed by atoms with E-state index >= 15 is 0 Å². The van der Waals surface area contributed by atoms with E-state index in [0.717, 1.165) is 64.6 Å². The third-order valence-corrected chi connectivity index (χ3v) is 9.10. The van der Waals surface area contributed by atoms with Crippen molar-refractivity contribution in [3.8, 4) is 6.01 Å². The average Bonchev–Trinajstić information content (AvgIpc) is 3.52. The molecule has 194 valence electrons. The van der Waals surface area contributed by atoms with E-state index in [1.165, 1.54) is 38.8 Å². The summed E-state index contributed by atoms with van der Waals surface area (Å²) in [7, 11) is 0. The van der Waals surface area contributed by atoms with Crippen molar-refractivity contribution in [1.82, 2.24) is 20.2 Å². The van der Waals surface area contributed by atoms with E-state index in [-0.39, 0.29) is 11.6 Å². The monoisotopic (exact) mass is 519 g/mol. The third kappa shape index (κ3) is 4.26. The maximum atomic E-state index is 6.66. The molecular weight excluding hydrogens is 486 g/mol. The van der Waals surface area contributed by atoms with Gasteiger partial charge in [-0.3, -0.25) is 4.90 Å². The maximum Gasteiger partial charge on any atom is 0.318 e. The molecular formula is C29H34ClN5O2. The molecule has 3 fully saturated rings. The fraction of sp³-hybridized carbons (Fsp3) is 0.517. The lowest BCUT2D eigenvalue weighted by Crippen LogP contribution is -2.45. The molecule has 7 rings (SSSR count). The van der Waals surface area contributed by atoms with Crippen LogP contribution in [0.25, 0.3) is 10.8 Å². The van der Waals surface area contributed by atoms with E-state index < -0.39 is 0 Å². The van der Waals surface area contributed by atoms with Gasteiger partial charge in [0.25, 0.3) is 0 Å². The Morgan fingerprint density at radius 2 is 1.81 bits per heavy atom. The molecule has 5 heterocycles. The summed E-state index contributed by atoms with van der Waals surface area (Å²) in [5.74, 6) is 0.975. The Morgan fingerprint density at radius 3 is 2.62 bits per heavy atom. The normalized spacial score (nSPS) is 23.3. The van der Waals surface area contributed by atoms with Crippen molar-refractivity contribution >= 4 is 28.2 Å². The van der Waals surface area contributed by atoms with Crippen LogP contribution in [0.1, 0.15) is 48.6 Å². The molecule has 0 amide bonds. The third-order valence-electron chi connectivity index (χ3n) is 8.79. The summed E-state index contributed by atoms with van der Waals surface area (Å²) >= 11 is 6.66. The summed E-state index contributed by atoms with van der Waals surface area (Å²) in [5, 5.41) is 6.40. The zero-order valence-electron chi connectivity index (χ0n) is 21.2. The van der Waals surface area contributed by atoms with Crippen LogP contribution in [0.15, 0.2) is 36.4 Å². The first-order valence-corrected chi connectivity index (χ1v) is 14.1. The molecule has 3 saturated heterocycles. The standard InChI is InChI=1S/C29H34ClN5O2/c30-23-8-2-6-20-5-1-7-21(26(20)23)25-17-24-22(18-36-25)27(34-15-11-31-12-16-34)33-28(32-24)37-19-29-9-3-13-35(29)14-4-10-29/h1-2,5-8,25,31H,3-4,9-19H2. The summed E-state index contributed by atoms with van der Waals surface area (Å²) in [6.45, 7) is 7.27. The minimum absolute atomic E-state index is 0.117. The Bertz CT molecular complexity index is 1300. The summed E-state index contributed by atoms with van der Waals surface area (Å²) in [5.41, 5.74) is 3.41. The zero-order chi connectivity index (χ0) is 24.8. The largest absolute Gasteiger partial charge is 0.461 e. The van der Waals surface area contributed by atoms with Gasteiger partial charge in [0, 0.05) is 48.6 Å². The van der Waals surface area contributed by atoms with E-state index in [0.29, 0.717) is 25.6 Å². The number of hydrogen-bond donors (Lipinski definition) is 1. The molecule has 0 radical (unpaired) electrons. The summed E-state index contributed by atoms with van der Waals surface area (Å²) in [6.07, 6.45) is 5.49. The first kappa shape index (κ1) is 23.7. The van der Waals surface area contributed by atoms with Gasteiger partial charge in [-0.2, -0.15) is 9.97 Å². The van der Waals surface area contributed by atoms with Crippen LogP contribution in [-0.2, 0) is 17.8 Å². The number of ether oxygens (including phenoxy) is 2. The predicted octanol–water partition coefficient (Wildman–Crippen LogP) is 4.51. The molecule has 1 unspecified atom stereocenters. The van der Waals surface area contributed by atoms with Gasteiger partial charge in [-0.05, 0) is 55.8 Å². The van der Waals surface area contributed by atoms with Crippen molar-refractivity contribution in [2.45, 2.75) is 50.4 Å². The highest BCUT2D eigenvalue weighted by molar-refractivity contribution is 6.35. The summed E-state index contributed by atoms with van der Waals surface area (Å²) in [6, 6.07) is 12.9. The van der Waals surface area contributed by atoms with Gasteiger partial charge in [-0.25, -0.2) is 0 Å². The lowest BCUT2D eigenvalue weighted by atomic mass is 9.94. The minimum Gasteiger partial charge on any atom is -0.461 e. The van der Waals surface area contributed by atoms with Crippen LogP contribution < -0.4 is 15.0 Å². The Labute approximate surface area is 223 Å². The van der Waals surface area contributed by atoms with Gasteiger partial charge < -0.3 is 19.7 Å². The van der Waals surface area contributed by atoms with Crippen molar-refractivity contribution in [1.29, 1.82) is 0 Å². The molecule has 0 saturated carbocycles. The molecule has 0 bridgehead atoms. The Balaban J connectivity index is 1.23. The molecule has 7 nitrogen and oxygen atoms in total. The van der Waals surface area contributed by atoms with Gasteiger partial charge in [0.2, 0.25) is 0 Å². The number of hydrogen-bond acceptors (Lipinski definition) is 7. The number of piperazine rings is 1. The molecule has 2 aromatic carbocycles. The van der Waals surface area contributed by atoms with Gasteiger partial charge in [0.15, 0.2) is 0 Å². The number of nitrogens with one attached hydrogen (secondary N) is 1. The molecule has 37 heavy (non-hydrogen) atoms. The highest BCUT2D eigenvalue weighted by Gasteiger charge is 2.45. The van der Waals surface area contributed by atoms with E-state index in [1.807, 2.05) is 12.1 Å². The van der Waals surface area contributed by atoms with E-state index in [1.54, 1.807) is 0 Å². The molecule has 1 atom stereocenters. The smallest absolute Gasteiger partial charge is 0.318 e. The molecule has 1 N–H and O–H groups in total. The summed E-state index contributed by atoms with van der Waals surface area (Å²) in [4.78, 5) is 15.0. The van der Waals surface area contributed by atoms with Crippen molar-refractivity contribution in [2.75, 3.05) is 50.8 Å². The SMILES string of the molecule is Clc1cccc2cccc(C3Cc4nc(OCC56CCCN5CCC6)nc(N5CCNCC5)c4CO3)c12. The number of nitrogens with zero attached hydrogens (tertiary/aromatic N) is 4. The first-order chi connectivity index (χ1) is 18.2. The van der Waals surface area contributed by atoms with Crippen molar-refractivity contribution < 1.29 is 9.47 Å². The Morgan fingerprint density at radius 1 is 1.03 bits per heavy atom. The molecule has 1 aromatic heterocycles. The summed E-state index contributed by atoms with van der Waals surface area (Å²) < 4.78 is 12.9. The van der Waals surface area contributed by atoms with E-state index in [2.05, 4.69) is 39.4 Å². The van der Waals surface area contributed by atoms with Gasteiger partial charge in [0.1, 0.15) is 12.4 Å². The Hall–Kier alpha value is -2.45. The molecule has 3 aromatic rings. The van der Waals surface area contributed by atoms with Crippen LogP contribution in [0.5, 0.6) is 6.01 Å². The van der Waals surface area contributed by atoms with Crippen LogP contribution in [0.2, 0.25) is 5.02 Å². The maximum absolute atomic E-state index is 6.66. The van der Waals surface area contributed by atoms with E-state index in [4.69, 9.17) is 31.0 Å². The first-order valence-electron chi connectivity index (χ1n) is 13.7. The number of halogens is 1. The molecule has 4 aliphatic rings. The number of benzene rings is 2. The fourth-order valence-corrected chi connectivity index (χ4v) is 7.17. The zero-order valence-corrected chi connectivity index (χ0v) is 22.0. The van der Waals surface area contributed by atoms with Crippen molar-refractivity contribution in [2.24, 2.45) is 0 Å². The van der Waals surface area contributed by atoms with Gasteiger partial charge >= 0.3 is 6.01 Å². The molecule has 0 aliphatic carbocycles. The highest BCUT2D eigenvalue weighted by Crippen LogP contribution is 2.41. The van der Waals surface area contributed by atoms with Crippen LogP contribution in [0.4, 0.5) is 5.82 Å². The quantitative estimate of drug-likeness (QED) is 0.532. The van der Waals surface area contributed by atoms with Crippen LogP contribution in [-0.4, -0.2) is 66.3 Å². The second-order valence-electron chi connectivity index (χ2n) is 10.9. The topological polar surface area (TPSA) is 62.8 Å². The van der Waals surface area contributed by atoms with Gasteiger partial charge in [-0.15, -0.1) is 0 Å². The molecule has 8 heteroatoms. The number of aromatic nitrogens is 2. The van der Waals surface area contributed by atoms with Crippen molar-refractivity contribution in [3.05, 3.63) is 58.2 Å². The van der Waals surface area contributed by atoms with E-state index in [9.17, 15) is 0 Å². The van der Waals surface area contributed by atoms with Crippen LogP contribution in [0, 0.1) is 0 Å². The lowest BCUT2D eigenvalue weighted by Gasteiger charge is -2.34. The van der Waals surface area contributed by atoms with Gasteiger partial charge in [0.05, 0.1) is 23.9 Å². The Kier molecular flexibility index (Phi) is 6.20. The number of anilines is 1. The highest BCUT2D eigenvalue weighted by atomic mass is 35.5. The van der Waals surface area contributed by atoms with Gasteiger partial charge in [-0.1, -0.05) is 41.9 Å². The van der Waals surface area contributed by atoms with Crippen molar-refractivity contribution in [3.63, 3.8) is 0 Å². The average molecular weight is 520 g/mol. The minimum atomic E-state index is -0.117. The second-order valence-corrected chi connectivity index (χ2v) is 11.3. The lowest BCUT2D eigenvalue weighted by molar-refractivity contribution is 0.0263. The predicted molar refractivity (Wildman–Crippen MR) is 146 cm³/mol. The number of fused-ring (bicyclic) bond motifs is 3. The van der Waals surface area contributed by atoms with Crippen LogP contribution >= 0.6 is 11.6 Å². The number of rotatable bonds is 5. The fourth-order valence-electron chi connectivity index (χ4n) is 6.88.